The fourth-order valence-electron chi connectivity index (χ4n) is 0. The smallest absolute Gasteiger partial charge is 0 e. The van der Waals surface area contributed by atoms with Gasteiger partial charge in [0.15, 0.2) is 0 Å². The standard InChI is InChI=1S/Ba.Ca.Fe.Mg.Mn.Si. The Kier molecular flexibility index (Phi) is 244. The Morgan fingerprint density at radius 1 is 1.00 bits per heavy atom. The van der Waals surface area contributed by atoms with Crippen LogP contribution in [0.2, 0.25) is 0 Å². The molecule has 0 fully saturated rings. The second-order valence-corrected chi connectivity index (χ2v) is 0. The first-order chi connectivity index (χ1) is 0. The number of hydrogen-bond donors (Lipinski definition) is 0. The predicted octanol–water partition coefficient (Wildman–Crippen LogP) is -1.53. The molecule has 11 radical (unpaired) electrons. The molecule has 0 amide bonds. The third kappa shape index (κ3) is 23.2. The molecule has 0 N–H and O–H groups in total. The minimum atomic E-state index is 0. The van der Waals surface area contributed by atoms with Crippen molar-refractivity contribution in [1.29, 1.82) is 0 Å². The molecule has 25 valence electrons. The van der Waals surface area contributed by atoms with Crippen LogP contribution in [-0.2, 0) is 34.1 Å². The Labute approximate surface area is 150 Å². The van der Waals surface area contributed by atoms with E-state index in [1.807, 2.05) is 0 Å². The van der Waals surface area contributed by atoms with Crippen LogP contribution in [0, 0.1) is 0 Å². The summed E-state index contributed by atoms with van der Waals surface area (Å²) in [6.07, 6.45) is 0. The molecule has 0 atom stereocenters. The molecule has 0 saturated heterocycles. The molecule has 0 aromatic carbocycles. The Morgan fingerprint density at radius 2 is 1.00 bits per heavy atom. The van der Waals surface area contributed by atoms with Gasteiger partial charge in [-0.1, -0.05) is 0 Å². The first-order valence-electron chi connectivity index (χ1n) is 0. The van der Waals surface area contributed by atoms with Crippen molar-refractivity contribution in [2.24, 2.45) is 0 Å². The second kappa shape index (κ2) is 32.8. The van der Waals surface area contributed by atoms with Gasteiger partial charge in [0.25, 0.3) is 0 Å². The summed E-state index contributed by atoms with van der Waals surface area (Å²) in [5.41, 5.74) is 0. The fourth-order valence-corrected chi connectivity index (χ4v) is 0. The van der Waals surface area contributed by atoms with Crippen LogP contribution in [0.4, 0.5) is 0 Å². The molecule has 0 unspecified atom stereocenters. The van der Waals surface area contributed by atoms with Crippen LogP contribution < -0.4 is 0 Å². The Hall–Kier alpha value is 4.85. The monoisotopic (exact) mass is 341 g/mol. The molecule has 0 aliphatic heterocycles. The Morgan fingerprint density at radius 3 is 1.00 bits per heavy atom. The van der Waals surface area contributed by atoms with Crippen molar-refractivity contribution in [1.82, 2.24) is 0 Å². The quantitative estimate of drug-likeness (QED) is 0.470. The molecular formula is BaCaFeMgMnSi. The maximum atomic E-state index is 0. The molecule has 0 rings (SSSR count). The summed E-state index contributed by atoms with van der Waals surface area (Å²) in [7, 11) is 0. The van der Waals surface area contributed by atoms with E-state index in [1.54, 1.807) is 0 Å². The molecule has 0 nitrogen and oxygen atoms in total. The Bertz CT molecular complexity index is 15.5. The number of rotatable bonds is 0. The van der Waals surface area contributed by atoms with E-state index in [0.717, 1.165) is 0 Å². The third-order valence-electron chi connectivity index (χ3n) is 0. The van der Waals surface area contributed by atoms with Gasteiger partial charge in [0.2, 0.25) is 0 Å². The second-order valence-electron chi connectivity index (χ2n) is 0. The van der Waals surface area contributed by atoms with Gasteiger partial charge in [-0.15, -0.1) is 0 Å². The minimum Gasteiger partial charge on any atom is 0 e. The zero-order valence-corrected chi connectivity index (χ0v) is 14.7. The summed E-state index contributed by atoms with van der Waals surface area (Å²) >= 11 is 0. The van der Waals surface area contributed by atoms with E-state index in [-0.39, 0.29) is 155 Å². The maximum Gasteiger partial charge on any atom is 0 e. The van der Waals surface area contributed by atoms with Crippen LogP contribution in [0.3, 0.4) is 0 Å². The van der Waals surface area contributed by atoms with Gasteiger partial charge >= 0.3 is 0 Å². The van der Waals surface area contributed by atoms with Gasteiger partial charge in [0.05, 0.1) is 0 Å². The molecule has 0 bridgehead atoms. The zero-order chi connectivity index (χ0) is 0. The van der Waals surface area contributed by atoms with Crippen LogP contribution in [-0.4, -0.2) is 121 Å². The van der Waals surface area contributed by atoms with Crippen molar-refractivity contribution >= 4 is 121 Å². The van der Waals surface area contributed by atoms with E-state index >= 15 is 0 Å². The van der Waals surface area contributed by atoms with Crippen molar-refractivity contribution < 1.29 is 34.1 Å². The first kappa shape index (κ1) is 44.7. The SMILES string of the molecule is [Ba].[Ca].[Fe].[Mg].[Mn].[Si]. The maximum absolute atomic E-state index is 0. The average Bonchev–Trinajstić information content (AvgIpc) is 0. The molecule has 0 aliphatic rings. The van der Waals surface area contributed by atoms with Gasteiger partial charge in [0, 0.05) is 155 Å². The van der Waals surface area contributed by atoms with E-state index in [0.29, 0.717) is 0 Å². The summed E-state index contributed by atoms with van der Waals surface area (Å²) in [6, 6.07) is 0. The molecule has 0 heterocycles. The molecule has 6 heteroatoms. The van der Waals surface area contributed by atoms with Gasteiger partial charge in [-0.05, 0) is 0 Å². The average molecular weight is 341 g/mol. The predicted molar refractivity (Wildman–Crippen MR) is 23.0 cm³/mol. The molecule has 0 aliphatic carbocycles. The van der Waals surface area contributed by atoms with Crippen LogP contribution >= 0.6 is 0 Å². The Balaban J connectivity index is 0. The molecule has 6 heavy (non-hydrogen) atoms. The minimum absolute atomic E-state index is 0. The molecule has 0 saturated carbocycles. The van der Waals surface area contributed by atoms with Crippen molar-refractivity contribution in [2.75, 3.05) is 0 Å². The van der Waals surface area contributed by atoms with Gasteiger partial charge in [-0.3, -0.25) is 0 Å². The van der Waals surface area contributed by atoms with E-state index < -0.39 is 0 Å². The van der Waals surface area contributed by atoms with E-state index in [9.17, 15) is 0 Å². The topological polar surface area (TPSA) is 0 Å². The normalized spacial score (nSPS) is 0. The van der Waals surface area contributed by atoms with Crippen molar-refractivity contribution in [3.8, 4) is 0 Å². The summed E-state index contributed by atoms with van der Waals surface area (Å²) in [5, 5.41) is 0. The number of hydrogen-bond acceptors (Lipinski definition) is 0. The van der Waals surface area contributed by atoms with E-state index in [1.165, 1.54) is 0 Å². The largest absolute Gasteiger partial charge is 0 e. The summed E-state index contributed by atoms with van der Waals surface area (Å²) in [5.74, 6) is 0. The van der Waals surface area contributed by atoms with Gasteiger partial charge in [-0.25, -0.2) is 0 Å². The van der Waals surface area contributed by atoms with Crippen LogP contribution in [0.1, 0.15) is 0 Å². The third-order valence-corrected chi connectivity index (χ3v) is 0. The van der Waals surface area contributed by atoms with E-state index in [4.69, 9.17) is 0 Å². The van der Waals surface area contributed by atoms with Crippen LogP contribution in [0.25, 0.3) is 0 Å². The van der Waals surface area contributed by atoms with Crippen molar-refractivity contribution in [3.05, 3.63) is 0 Å². The molecule has 0 aromatic heterocycles. The first-order valence-corrected chi connectivity index (χ1v) is 0. The zero-order valence-electron chi connectivity index (χ0n) is 3.35. The van der Waals surface area contributed by atoms with Crippen LogP contribution in [0.15, 0.2) is 0 Å². The summed E-state index contributed by atoms with van der Waals surface area (Å²) in [4.78, 5) is 0. The van der Waals surface area contributed by atoms with Gasteiger partial charge < -0.3 is 0 Å². The van der Waals surface area contributed by atoms with Crippen LogP contribution in [0.5, 0.6) is 0 Å². The van der Waals surface area contributed by atoms with E-state index in [2.05, 4.69) is 0 Å². The van der Waals surface area contributed by atoms with Gasteiger partial charge in [0.1, 0.15) is 0 Å². The summed E-state index contributed by atoms with van der Waals surface area (Å²) in [6.45, 7) is 0. The van der Waals surface area contributed by atoms with Crippen molar-refractivity contribution in [3.63, 3.8) is 0 Å². The fraction of sp³-hybridized carbons (Fsp3) is 0. The van der Waals surface area contributed by atoms with Gasteiger partial charge in [-0.2, -0.15) is 0 Å². The molecule has 0 spiro atoms. The molecular weight excluding hydrogens is 341 g/mol. The summed E-state index contributed by atoms with van der Waals surface area (Å²) < 4.78 is 0. The van der Waals surface area contributed by atoms with Crippen molar-refractivity contribution in [2.45, 2.75) is 0 Å². The molecule has 0 aromatic rings.